The first-order chi connectivity index (χ1) is 7.10. The van der Waals surface area contributed by atoms with Gasteiger partial charge in [-0.1, -0.05) is 13.3 Å². The fourth-order valence-electron chi connectivity index (χ4n) is 1.63. The molecule has 0 radical (unpaired) electrons. The molecule has 1 atom stereocenters. The molecule has 0 aliphatic heterocycles. The van der Waals surface area contributed by atoms with Gasteiger partial charge in [0.05, 0.1) is 18.1 Å². The van der Waals surface area contributed by atoms with Gasteiger partial charge in [-0.05, 0) is 25.7 Å². The van der Waals surface area contributed by atoms with Crippen LogP contribution in [-0.2, 0) is 9.53 Å². The lowest BCUT2D eigenvalue weighted by Crippen LogP contribution is -2.25. The number of hydrogen-bond donors (Lipinski definition) is 2. The van der Waals surface area contributed by atoms with Gasteiger partial charge in [-0.15, -0.1) is 0 Å². The van der Waals surface area contributed by atoms with E-state index < -0.39 is 17.5 Å². The molecular weight excluding hydrogens is 196 g/mol. The lowest BCUT2D eigenvalue weighted by atomic mass is 9.99. The zero-order chi connectivity index (χ0) is 11.3. The maximum absolute atomic E-state index is 10.8. The molecule has 4 heteroatoms. The van der Waals surface area contributed by atoms with Gasteiger partial charge in [0.25, 0.3) is 0 Å². The molecule has 88 valence electrons. The van der Waals surface area contributed by atoms with E-state index in [9.17, 15) is 9.90 Å². The minimum Gasteiger partial charge on any atom is -0.481 e. The van der Waals surface area contributed by atoms with Crippen molar-refractivity contribution in [1.82, 2.24) is 0 Å². The van der Waals surface area contributed by atoms with E-state index in [0.717, 1.165) is 12.8 Å². The summed E-state index contributed by atoms with van der Waals surface area (Å²) in [5, 5.41) is 18.5. The largest absolute Gasteiger partial charge is 0.481 e. The van der Waals surface area contributed by atoms with Crippen LogP contribution in [0.1, 0.15) is 39.0 Å². The Labute approximate surface area is 90.2 Å². The number of aliphatic hydroxyl groups is 1. The Morgan fingerprint density at radius 1 is 1.53 bits per heavy atom. The Bertz CT molecular complexity index is 211. The molecule has 1 aliphatic carbocycles. The summed E-state index contributed by atoms with van der Waals surface area (Å²) in [5.74, 6) is -0.782. The molecule has 0 heterocycles. The minimum absolute atomic E-state index is 0.259. The number of aliphatic carboxylic acids is 1. The molecule has 2 N–H and O–H groups in total. The molecule has 0 amide bonds. The standard InChI is InChI=1S/C11H20O4/c1-2-3-6-15-8-9(12)7-11(4-5-11)10(13)14/h9,12H,2-8H2,1H3,(H,13,14). The van der Waals surface area contributed by atoms with Crippen molar-refractivity contribution >= 4 is 5.97 Å². The van der Waals surface area contributed by atoms with Crippen LogP contribution in [0.2, 0.25) is 0 Å². The van der Waals surface area contributed by atoms with Crippen molar-refractivity contribution in [2.45, 2.75) is 45.1 Å². The van der Waals surface area contributed by atoms with Gasteiger partial charge in [0, 0.05) is 6.61 Å². The van der Waals surface area contributed by atoms with Gasteiger partial charge >= 0.3 is 5.97 Å². The highest BCUT2D eigenvalue weighted by molar-refractivity contribution is 5.77. The summed E-state index contributed by atoms with van der Waals surface area (Å²) < 4.78 is 5.25. The first-order valence-electron chi connectivity index (χ1n) is 5.60. The van der Waals surface area contributed by atoms with Crippen LogP contribution in [0.4, 0.5) is 0 Å². The van der Waals surface area contributed by atoms with Crippen LogP contribution in [0.3, 0.4) is 0 Å². The third-order valence-corrected chi connectivity index (χ3v) is 2.89. The van der Waals surface area contributed by atoms with E-state index in [1.807, 2.05) is 0 Å². The zero-order valence-corrected chi connectivity index (χ0v) is 9.24. The van der Waals surface area contributed by atoms with Gasteiger partial charge in [0.2, 0.25) is 0 Å². The Kier molecular flexibility index (Phi) is 4.54. The summed E-state index contributed by atoms with van der Waals surface area (Å²) in [6.07, 6.45) is 3.11. The Hall–Kier alpha value is -0.610. The third kappa shape index (κ3) is 3.80. The Morgan fingerprint density at radius 3 is 2.67 bits per heavy atom. The van der Waals surface area contributed by atoms with Crippen molar-refractivity contribution < 1.29 is 19.7 Å². The first kappa shape index (κ1) is 12.5. The highest BCUT2D eigenvalue weighted by Gasteiger charge is 2.51. The molecule has 0 spiro atoms. The van der Waals surface area contributed by atoms with Gasteiger partial charge in [-0.2, -0.15) is 0 Å². The molecule has 0 aromatic heterocycles. The summed E-state index contributed by atoms with van der Waals surface area (Å²) in [7, 11) is 0. The molecule has 1 rings (SSSR count). The quantitative estimate of drug-likeness (QED) is 0.602. The summed E-state index contributed by atoms with van der Waals surface area (Å²) in [5.41, 5.74) is -0.645. The van der Waals surface area contributed by atoms with Crippen molar-refractivity contribution in [2.75, 3.05) is 13.2 Å². The summed E-state index contributed by atoms with van der Waals surface area (Å²) in [6.45, 7) is 2.98. The van der Waals surface area contributed by atoms with Gasteiger partial charge < -0.3 is 14.9 Å². The van der Waals surface area contributed by atoms with Crippen LogP contribution in [0, 0.1) is 5.41 Å². The number of ether oxygens (including phenoxy) is 1. The predicted molar refractivity (Wildman–Crippen MR) is 55.7 cm³/mol. The Balaban J connectivity index is 2.13. The highest BCUT2D eigenvalue weighted by Crippen LogP contribution is 2.49. The second-order valence-electron chi connectivity index (χ2n) is 4.37. The van der Waals surface area contributed by atoms with Crippen molar-refractivity contribution in [3.63, 3.8) is 0 Å². The smallest absolute Gasteiger partial charge is 0.309 e. The second-order valence-corrected chi connectivity index (χ2v) is 4.37. The molecule has 15 heavy (non-hydrogen) atoms. The van der Waals surface area contributed by atoms with E-state index in [1.54, 1.807) is 0 Å². The van der Waals surface area contributed by atoms with E-state index in [4.69, 9.17) is 9.84 Å². The summed E-state index contributed by atoms with van der Waals surface area (Å²) >= 11 is 0. The van der Waals surface area contributed by atoms with Gasteiger partial charge in [-0.25, -0.2) is 0 Å². The number of rotatable bonds is 8. The number of carbonyl (C=O) groups is 1. The molecule has 1 unspecified atom stereocenters. The predicted octanol–water partition coefficient (Wildman–Crippen LogP) is 1.42. The SMILES string of the molecule is CCCCOCC(O)CC1(C(=O)O)CC1. The van der Waals surface area contributed by atoms with Gasteiger partial charge in [0.15, 0.2) is 0 Å². The van der Waals surface area contributed by atoms with Gasteiger partial charge in [0.1, 0.15) is 0 Å². The number of unbranched alkanes of at least 4 members (excludes halogenated alkanes) is 1. The average molecular weight is 216 g/mol. The number of hydrogen-bond acceptors (Lipinski definition) is 3. The van der Waals surface area contributed by atoms with Crippen molar-refractivity contribution in [1.29, 1.82) is 0 Å². The van der Waals surface area contributed by atoms with Crippen LogP contribution in [-0.4, -0.2) is 35.5 Å². The number of carboxylic acid groups (broad SMARTS) is 1. The lowest BCUT2D eigenvalue weighted by Gasteiger charge is -2.15. The molecular formula is C11H20O4. The van der Waals surface area contributed by atoms with Crippen molar-refractivity contribution in [3.05, 3.63) is 0 Å². The van der Waals surface area contributed by atoms with E-state index >= 15 is 0 Å². The Morgan fingerprint density at radius 2 is 2.20 bits per heavy atom. The molecule has 0 bridgehead atoms. The van der Waals surface area contributed by atoms with Crippen LogP contribution >= 0.6 is 0 Å². The monoisotopic (exact) mass is 216 g/mol. The van der Waals surface area contributed by atoms with E-state index in [0.29, 0.717) is 25.9 Å². The van der Waals surface area contributed by atoms with Crippen LogP contribution in [0.15, 0.2) is 0 Å². The fourth-order valence-corrected chi connectivity index (χ4v) is 1.63. The van der Waals surface area contributed by atoms with Crippen molar-refractivity contribution in [2.24, 2.45) is 5.41 Å². The van der Waals surface area contributed by atoms with E-state index in [1.165, 1.54) is 0 Å². The number of carboxylic acids is 1. The summed E-state index contributed by atoms with van der Waals surface area (Å²) in [6, 6.07) is 0. The topological polar surface area (TPSA) is 66.8 Å². The van der Waals surface area contributed by atoms with Crippen LogP contribution < -0.4 is 0 Å². The lowest BCUT2D eigenvalue weighted by molar-refractivity contribution is -0.145. The molecule has 0 aromatic carbocycles. The van der Waals surface area contributed by atoms with Gasteiger partial charge in [-0.3, -0.25) is 4.79 Å². The van der Waals surface area contributed by atoms with Crippen molar-refractivity contribution in [3.8, 4) is 0 Å². The average Bonchev–Trinajstić information content (AvgIpc) is 2.93. The minimum atomic E-state index is -0.782. The maximum atomic E-state index is 10.8. The van der Waals surface area contributed by atoms with E-state index in [-0.39, 0.29) is 6.61 Å². The molecule has 1 fully saturated rings. The highest BCUT2D eigenvalue weighted by atomic mass is 16.5. The fraction of sp³-hybridized carbons (Fsp3) is 0.909. The molecule has 1 saturated carbocycles. The second kappa shape index (κ2) is 5.47. The van der Waals surface area contributed by atoms with Crippen LogP contribution in [0.5, 0.6) is 0 Å². The molecule has 4 nitrogen and oxygen atoms in total. The number of aliphatic hydroxyl groups excluding tert-OH is 1. The molecule has 0 aromatic rings. The maximum Gasteiger partial charge on any atom is 0.309 e. The normalized spacial score (nSPS) is 19.9. The third-order valence-electron chi connectivity index (χ3n) is 2.89. The molecule has 0 saturated heterocycles. The van der Waals surface area contributed by atoms with Crippen LogP contribution in [0.25, 0.3) is 0 Å². The zero-order valence-electron chi connectivity index (χ0n) is 9.24. The summed E-state index contributed by atoms with van der Waals surface area (Å²) in [4.78, 5) is 10.8. The van der Waals surface area contributed by atoms with E-state index in [2.05, 4.69) is 6.92 Å². The molecule has 1 aliphatic rings. The first-order valence-corrected chi connectivity index (χ1v) is 5.60.